The molecule has 12 heavy (non-hydrogen) atoms. The van der Waals surface area contributed by atoms with Crippen molar-refractivity contribution in [2.75, 3.05) is 6.54 Å². The Kier molecular flexibility index (Phi) is 2.49. The molecule has 1 atom stereocenters. The third kappa shape index (κ3) is 1.48. The summed E-state index contributed by atoms with van der Waals surface area (Å²) >= 11 is 0. The molecule has 1 aliphatic rings. The molecule has 1 rings (SSSR count). The van der Waals surface area contributed by atoms with Gasteiger partial charge in [-0.25, -0.2) is 15.4 Å². The number of hydrazine groups is 1. The van der Waals surface area contributed by atoms with Crippen LogP contribution in [0.1, 0.15) is 12.8 Å². The molecule has 6 nitrogen and oxygen atoms in total. The van der Waals surface area contributed by atoms with Gasteiger partial charge in [0.2, 0.25) is 0 Å². The smallest absolute Gasteiger partial charge is 0.332 e. The Labute approximate surface area is 69.3 Å². The molecule has 0 saturated carbocycles. The second kappa shape index (κ2) is 3.40. The number of carbonyl (C=O) groups excluding carboxylic acids is 1. The van der Waals surface area contributed by atoms with Crippen molar-refractivity contribution < 1.29 is 14.7 Å². The lowest BCUT2D eigenvalue weighted by Gasteiger charge is -2.19. The molecule has 68 valence electrons. The molecule has 0 aliphatic carbocycles. The Bertz CT molecular complexity index is 206. The predicted octanol–water partition coefficient (Wildman–Crippen LogP) is -0.881. The first-order valence-electron chi connectivity index (χ1n) is 3.67. The maximum atomic E-state index is 11.0. The number of hydrogen-bond acceptors (Lipinski definition) is 3. The van der Waals surface area contributed by atoms with E-state index in [1.54, 1.807) is 0 Å². The Hall–Kier alpha value is -1.30. The maximum Gasteiger partial charge on any atom is 0.332 e. The molecular formula is C6H11N3O3. The van der Waals surface area contributed by atoms with Gasteiger partial charge in [0, 0.05) is 6.54 Å². The van der Waals surface area contributed by atoms with Crippen molar-refractivity contribution in [3.63, 3.8) is 0 Å². The van der Waals surface area contributed by atoms with Crippen LogP contribution >= 0.6 is 0 Å². The van der Waals surface area contributed by atoms with Gasteiger partial charge in [-0.15, -0.1) is 0 Å². The average molecular weight is 173 g/mol. The summed E-state index contributed by atoms with van der Waals surface area (Å²) in [5.74, 6) is 3.90. The molecule has 2 amide bonds. The summed E-state index contributed by atoms with van der Waals surface area (Å²) in [6.07, 6.45) is 1.22. The van der Waals surface area contributed by atoms with Crippen molar-refractivity contribution >= 4 is 12.0 Å². The number of hydrogen-bond donors (Lipinski definition) is 3. The first-order valence-corrected chi connectivity index (χ1v) is 3.67. The van der Waals surface area contributed by atoms with Crippen LogP contribution < -0.4 is 11.3 Å². The molecular weight excluding hydrogens is 162 g/mol. The first-order chi connectivity index (χ1) is 5.66. The number of nitrogens with two attached hydrogens (primary N) is 1. The fraction of sp³-hybridized carbons (Fsp3) is 0.667. The minimum atomic E-state index is -0.976. The number of rotatable bonds is 1. The monoisotopic (exact) mass is 173 g/mol. The Balaban J connectivity index is 2.63. The lowest BCUT2D eigenvalue weighted by molar-refractivity contribution is -0.141. The van der Waals surface area contributed by atoms with Gasteiger partial charge < -0.3 is 10.0 Å². The van der Waals surface area contributed by atoms with Gasteiger partial charge in [-0.3, -0.25) is 5.43 Å². The largest absolute Gasteiger partial charge is 0.480 e. The van der Waals surface area contributed by atoms with E-state index in [0.29, 0.717) is 19.4 Å². The Morgan fingerprint density at radius 3 is 2.75 bits per heavy atom. The zero-order valence-electron chi connectivity index (χ0n) is 6.49. The minimum Gasteiger partial charge on any atom is -0.480 e. The Morgan fingerprint density at radius 2 is 2.25 bits per heavy atom. The molecule has 0 spiro atoms. The zero-order valence-corrected chi connectivity index (χ0v) is 6.49. The minimum absolute atomic E-state index is 0.458. The number of carboxylic acid groups (broad SMARTS) is 1. The standard InChI is InChI=1S/C6H11N3O3/c7-8-6(12)9-3-1-2-4(9)5(10)11/h4H,1-3,7H2,(H,8,12)(H,10,11)/t4-/m0/s1. The van der Waals surface area contributed by atoms with Gasteiger partial charge >= 0.3 is 12.0 Å². The summed E-state index contributed by atoms with van der Waals surface area (Å²) in [5, 5.41) is 8.67. The van der Waals surface area contributed by atoms with Crippen molar-refractivity contribution in [3.05, 3.63) is 0 Å². The van der Waals surface area contributed by atoms with Crippen molar-refractivity contribution in [2.24, 2.45) is 5.84 Å². The second-order valence-electron chi connectivity index (χ2n) is 2.64. The van der Waals surface area contributed by atoms with E-state index in [0.717, 1.165) is 0 Å². The molecule has 0 aromatic heterocycles. The maximum absolute atomic E-state index is 11.0. The highest BCUT2D eigenvalue weighted by Crippen LogP contribution is 2.16. The van der Waals surface area contributed by atoms with Crippen LogP contribution in [-0.2, 0) is 4.79 Å². The quantitative estimate of drug-likeness (QED) is 0.272. The highest BCUT2D eigenvalue weighted by Gasteiger charge is 2.33. The highest BCUT2D eigenvalue weighted by atomic mass is 16.4. The third-order valence-corrected chi connectivity index (χ3v) is 1.92. The van der Waals surface area contributed by atoms with E-state index >= 15 is 0 Å². The fourth-order valence-corrected chi connectivity index (χ4v) is 1.35. The van der Waals surface area contributed by atoms with Crippen molar-refractivity contribution in [1.82, 2.24) is 10.3 Å². The molecule has 1 aliphatic heterocycles. The van der Waals surface area contributed by atoms with Crippen molar-refractivity contribution in [2.45, 2.75) is 18.9 Å². The lowest BCUT2D eigenvalue weighted by atomic mass is 10.2. The van der Waals surface area contributed by atoms with Gasteiger partial charge in [0.05, 0.1) is 0 Å². The SMILES string of the molecule is NNC(=O)N1CCC[C@H]1C(=O)O. The van der Waals surface area contributed by atoms with Crippen molar-refractivity contribution in [1.29, 1.82) is 0 Å². The van der Waals surface area contributed by atoms with Crippen LogP contribution in [0.2, 0.25) is 0 Å². The van der Waals surface area contributed by atoms with E-state index in [2.05, 4.69) is 0 Å². The van der Waals surface area contributed by atoms with Crippen LogP contribution in [-0.4, -0.2) is 34.6 Å². The number of aliphatic carboxylic acids is 1. The van der Waals surface area contributed by atoms with E-state index < -0.39 is 18.0 Å². The lowest BCUT2D eigenvalue weighted by Crippen LogP contribution is -2.48. The molecule has 0 aromatic carbocycles. The summed E-state index contributed by atoms with van der Waals surface area (Å²) < 4.78 is 0. The van der Waals surface area contributed by atoms with Crippen molar-refractivity contribution in [3.8, 4) is 0 Å². The van der Waals surface area contributed by atoms with E-state index in [9.17, 15) is 9.59 Å². The van der Waals surface area contributed by atoms with E-state index in [1.165, 1.54) is 4.90 Å². The summed E-state index contributed by atoms with van der Waals surface area (Å²) in [6.45, 7) is 0.458. The summed E-state index contributed by atoms with van der Waals surface area (Å²) in [7, 11) is 0. The van der Waals surface area contributed by atoms with Crippen LogP contribution in [0, 0.1) is 0 Å². The zero-order chi connectivity index (χ0) is 9.14. The summed E-state index contributed by atoms with van der Waals surface area (Å²) in [6, 6.07) is -1.24. The number of amides is 2. The normalized spacial score (nSPS) is 22.4. The van der Waals surface area contributed by atoms with Gasteiger partial charge in [0.15, 0.2) is 0 Å². The van der Waals surface area contributed by atoms with E-state index in [-0.39, 0.29) is 0 Å². The molecule has 1 heterocycles. The molecule has 6 heteroatoms. The van der Waals surface area contributed by atoms with E-state index in [1.807, 2.05) is 5.43 Å². The number of nitrogens with one attached hydrogen (secondary N) is 1. The molecule has 0 unspecified atom stereocenters. The van der Waals surface area contributed by atoms with Gasteiger partial charge in [0.25, 0.3) is 0 Å². The van der Waals surface area contributed by atoms with Crippen LogP contribution in [0.5, 0.6) is 0 Å². The summed E-state index contributed by atoms with van der Waals surface area (Å²) in [5.41, 5.74) is 1.92. The number of carboxylic acids is 1. The molecule has 1 fully saturated rings. The molecule has 0 radical (unpaired) electrons. The highest BCUT2D eigenvalue weighted by molar-refractivity contribution is 5.82. The second-order valence-corrected chi connectivity index (χ2v) is 2.64. The van der Waals surface area contributed by atoms with Crippen LogP contribution in [0.3, 0.4) is 0 Å². The summed E-state index contributed by atoms with van der Waals surface area (Å²) in [4.78, 5) is 22.7. The molecule has 0 aromatic rings. The topological polar surface area (TPSA) is 95.7 Å². The van der Waals surface area contributed by atoms with Gasteiger partial charge in [-0.2, -0.15) is 0 Å². The molecule has 1 saturated heterocycles. The molecule has 0 bridgehead atoms. The van der Waals surface area contributed by atoms with Crippen LogP contribution in [0.25, 0.3) is 0 Å². The van der Waals surface area contributed by atoms with Gasteiger partial charge in [-0.1, -0.05) is 0 Å². The first kappa shape index (κ1) is 8.79. The number of likely N-dealkylation sites (tertiary alicyclic amines) is 1. The molecule has 4 N–H and O–H groups in total. The number of nitrogens with zero attached hydrogens (tertiary/aromatic N) is 1. The predicted molar refractivity (Wildman–Crippen MR) is 40.1 cm³/mol. The van der Waals surface area contributed by atoms with Crippen LogP contribution in [0.15, 0.2) is 0 Å². The fourth-order valence-electron chi connectivity index (χ4n) is 1.35. The average Bonchev–Trinajstić information content (AvgIpc) is 2.50. The van der Waals surface area contributed by atoms with Crippen LogP contribution in [0.4, 0.5) is 4.79 Å². The van der Waals surface area contributed by atoms with Gasteiger partial charge in [0.1, 0.15) is 6.04 Å². The Morgan fingerprint density at radius 1 is 1.58 bits per heavy atom. The third-order valence-electron chi connectivity index (χ3n) is 1.92. The number of urea groups is 1. The van der Waals surface area contributed by atoms with Gasteiger partial charge in [-0.05, 0) is 12.8 Å². The van der Waals surface area contributed by atoms with E-state index in [4.69, 9.17) is 10.9 Å². The number of carbonyl (C=O) groups is 2.